The van der Waals surface area contributed by atoms with Gasteiger partial charge in [0.05, 0.1) is 33.9 Å². The molecule has 0 bridgehead atoms. The fourth-order valence-corrected chi connectivity index (χ4v) is 18.0. The number of benzene rings is 12. The van der Waals surface area contributed by atoms with Gasteiger partial charge in [-0.3, -0.25) is 39.1 Å². The first-order chi connectivity index (χ1) is 63.1. The number of imidazole rings is 6. The Morgan fingerprint density at radius 2 is 0.809 bits per heavy atom. The number of fused-ring (bicyclic) bond motifs is 36. The summed E-state index contributed by atoms with van der Waals surface area (Å²) in [5.41, 5.74) is 13.2. The predicted molar refractivity (Wildman–Crippen MR) is 492 cm³/mol. The minimum absolute atomic E-state index is 0. The molecule has 0 unspecified atom stereocenters. The van der Waals surface area contributed by atoms with E-state index in [1.807, 2.05) is 145 Å². The molecule has 24 aromatic rings. The molecule has 0 aliphatic heterocycles. The van der Waals surface area contributed by atoms with Crippen LogP contribution in [0, 0.1) is 68.8 Å². The summed E-state index contributed by atoms with van der Waals surface area (Å²) in [4.78, 5) is 36.7. The van der Waals surface area contributed by atoms with E-state index in [0.717, 1.165) is 133 Å². The number of para-hydroxylation sites is 5. The maximum atomic E-state index is 14.1. The van der Waals surface area contributed by atoms with E-state index in [-0.39, 0.29) is 132 Å². The van der Waals surface area contributed by atoms with Crippen LogP contribution in [0.5, 0.6) is 0 Å². The average molecular weight is 2890 g/mol. The van der Waals surface area contributed by atoms with Crippen LogP contribution in [0.4, 0.5) is 43.9 Å². The first-order valence-electron chi connectivity index (χ1n) is 41.8. The number of carbonyl (C=O) groups excluding carboxylic acids is 1. The van der Waals surface area contributed by atoms with E-state index in [4.69, 9.17) is 10.1 Å². The van der Waals surface area contributed by atoms with Crippen LogP contribution in [-0.4, -0.2) is 80.5 Å². The molecule has 0 atom stereocenters. The van der Waals surface area contributed by atoms with Gasteiger partial charge in [0.15, 0.2) is 12.5 Å². The van der Waals surface area contributed by atoms with Gasteiger partial charge in [-0.15, -0.1) is 143 Å². The number of halogens is 10. The van der Waals surface area contributed by atoms with Crippen molar-refractivity contribution in [1.82, 2.24) is 56.3 Å². The summed E-state index contributed by atoms with van der Waals surface area (Å²) in [6, 6.07) is 87.7. The fraction of sp³-hybridized carbons (Fsp3) is 0.123. The Bertz CT molecular complexity index is 8460. The van der Waals surface area contributed by atoms with Gasteiger partial charge < -0.3 is 31.5 Å². The number of aliphatic hydroxyl groups is 1. The summed E-state index contributed by atoms with van der Waals surface area (Å²) >= 11 is 0. The number of pyridine rings is 6. The Balaban J connectivity index is 0.000000135. The molecule has 1 aliphatic carbocycles. The van der Waals surface area contributed by atoms with Crippen LogP contribution in [-0.2, 0) is 138 Å². The molecular formula is C106H72F10Ir6N12O2-6. The summed E-state index contributed by atoms with van der Waals surface area (Å²) in [5, 5.41) is 25.3. The number of rotatable bonds is 4. The monoisotopic (exact) mass is 2890 g/mol. The number of hydrogen-bond donors (Lipinski definition) is 1. The van der Waals surface area contributed by atoms with Crippen LogP contribution in [0.2, 0.25) is 0 Å². The molecule has 12 aromatic carbocycles. The van der Waals surface area contributed by atoms with E-state index >= 15 is 0 Å². The molecule has 14 nitrogen and oxygen atoms in total. The maximum Gasteiger partial charge on any atom is 0.399 e. The third kappa shape index (κ3) is 19.6. The number of allylic oxidation sites excluding steroid dienone is 2. The molecule has 12 heterocycles. The zero-order chi connectivity index (χ0) is 89.8. The van der Waals surface area contributed by atoms with Crippen molar-refractivity contribution in [2.24, 2.45) is 0 Å². The van der Waals surface area contributed by atoms with Gasteiger partial charge >= 0.3 is 12.4 Å². The van der Waals surface area contributed by atoms with Crippen molar-refractivity contribution in [1.29, 1.82) is 0 Å². The third-order valence-electron chi connectivity index (χ3n) is 23.5. The van der Waals surface area contributed by atoms with Crippen molar-refractivity contribution < 1.29 is 174 Å². The number of aliphatic hydroxyl groups excluding tert-OH is 1. The van der Waals surface area contributed by atoms with Crippen LogP contribution in [0.15, 0.2) is 292 Å². The van der Waals surface area contributed by atoms with Crippen LogP contribution >= 0.6 is 0 Å². The van der Waals surface area contributed by atoms with Crippen LogP contribution in [0.3, 0.4) is 0 Å². The number of aryl methyl sites for hydroxylation is 3. The molecule has 0 spiro atoms. The SMILES string of the molecule is Cc1cc(C(F)(F)F)[c-]c2c1c1ccccc1n1ccnc21.Cc1cn2c3ccccc3c3ccc[c-]c3c2n1.Cc1nc2c3[c-]cccc3c3ccc(F)cc3n2c1C1CCCCC1.FC(F)(F)c1[c-]c2c(cc1)c1ccccc1n1ccnc21.Fc1c[c-]c2c(c1)c1ccccc1n1ccnc21.O=C(C=C(O)CF)CF.[Ir].[Ir].[Ir].[Ir].[Ir].[Ir].[c-]1cccc2c1c1nccn1c1ccccc21. The van der Waals surface area contributed by atoms with E-state index in [1.165, 1.54) is 82.5 Å². The van der Waals surface area contributed by atoms with Gasteiger partial charge in [0.1, 0.15) is 18.3 Å². The molecule has 12 aromatic heterocycles. The van der Waals surface area contributed by atoms with Crippen molar-refractivity contribution in [3.63, 3.8) is 0 Å². The Morgan fingerprint density at radius 3 is 1.30 bits per heavy atom. The smallest absolute Gasteiger partial charge is 0.399 e. The quantitative estimate of drug-likeness (QED) is 0.0604. The van der Waals surface area contributed by atoms with Gasteiger partial charge in [0.2, 0.25) is 0 Å². The van der Waals surface area contributed by atoms with E-state index in [9.17, 15) is 48.7 Å². The van der Waals surface area contributed by atoms with Gasteiger partial charge in [0, 0.05) is 244 Å². The number of alkyl halides is 8. The van der Waals surface area contributed by atoms with Gasteiger partial charge in [-0.2, -0.15) is 26.3 Å². The summed E-state index contributed by atoms with van der Waals surface area (Å²) in [7, 11) is 0. The topological polar surface area (TPSA) is 141 Å². The Morgan fingerprint density at radius 1 is 0.404 bits per heavy atom. The second kappa shape index (κ2) is 42.9. The van der Waals surface area contributed by atoms with Gasteiger partial charge in [-0.05, 0) is 113 Å². The summed E-state index contributed by atoms with van der Waals surface area (Å²) in [6.45, 7) is 3.47. The van der Waals surface area contributed by atoms with Crippen molar-refractivity contribution in [2.45, 2.75) is 71.1 Å². The number of nitrogens with zero attached hydrogens (tertiary/aromatic N) is 12. The van der Waals surface area contributed by atoms with Crippen molar-refractivity contribution in [3.8, 4) is 0 Å². The Labute approximate surface area is 851 Å². The zero-order valence-electron chi connectivity index (χ0n) is 71.7. The normalized spacial score (nSPS) is 12.2. The molecule has 1 fully saturated rings. The summed E-state index contributed by atoms with van der Waals surface area (Å²) in [5.74, 6) is -1.63. The van der Waals surface area contributed by atoms with E-state index in [2.05, 4.69) is 154 Å². The minimum Gasteiger partial charge on any atom is -0.509 e. The molecule has 6 radical (unpaired) electrons. The number of carbonyl (C=O) groups is 1. The van der Waals surface area contributed by atoms with E-state index in [0.29, 0.717) is 39.6 Å². The molecule has 30 heteroatoms. The fourth-order valence-electron chi connectivity index (χ4n) is 18.0. The van der Waals surface area contributed by atoms with Crippen LogP contribution < -0.4 is 0 Å². The largest absolute Gasteiger partial charge is 0.509 e. The predicted octanol–water partition coefficient (Wildman–Crippen LogP) is 26.9. The molecule has 25 rings (SSSR count). The van der Waals surface area contributed by atoms with E-state index < -0.39 is 48.4 Å². The first-order valence-corrected chi connectivity index (χ1v) is 41.8. The molecule has 1 N–H and O–H groups in total. The Kier molecular flexibility index (Phi) is 32.1. The summed E-state index contributed by atoms with van der Waals surface area (Å²) in [6.07, 6.45) is 14.2. The van der Waals surface area contributed by atoms with Gasteiger partial charge in [0.25, 0.3) is 0 Å². The standard InChI is InChI=1S/C22H20FN2.C17H10F3N2.C16H8F3N2.C16H11N2.C15H8FN2.C15H9N2.C5H6F2O2.6Ir/c1-14-21(15-7-3-2-4-8-15)25-20-13-16(23)11-12-18(20)17-9-5-6-10-19(17)22(25)24-14;1-10-8-11(17(18,19)20)9-13-15(10)12-4-2-3-5-14(12)22-7-6-21-16(13)22;17-16(18,19)10-5-6-11-12-3-1-2-4-14(12)21-8-7-20-15(21)13(11)9-10;1-11-10-18-15-9-5-4-7-13(15)12-6-2-3-8-14(12)16(18)17-11;16-10-5-6-12-13(9-10)11-3-1-2-4-14(11)18-8-7-17-15(12)18;1-2-7-13-11(5-1)12-6-3-4-8-14(12)17-10-9-16-15(13)17;6-2-4(8)1-5(9)3-7;;;;;;/h5-6,9,11-13,15H,2-4,7-8H2,1H3;2-8H,1H3;1-8H;2-7,9-10H,1H3;1-5,7-9H;1-6,8-10H;1,8H,2-3H2;;;;;;/q6*-1;;;;;;;. The summed E-state index contributed by atoms with van der Waals surface area (Å²) < 4.78 is 140. The number of aromatic nitrogens is 12. The van der Waals surface area contributed by atoms with Gasteiger partial charge in [-0.25, -0.2) is 13.2 Å². The Hall–Kier alpha value is -11.7. The van der Waals surface area contributed by atoms with Crippen LogP contribution in [0.1, 0.15) is 71.8 Å². The molecule has 698 valence electrons. The van der Waals surface area contributed by atoms with Crippen LogP contribution in [0.25, 0.3) is 164 Å². The maximum absolute atomic E-state index is 14.1. The number of hydrogen-bond acceptors (Lipinski definition) is 8. The second-order valence-corrected chi connectivity index (χ2v) is 31.5. The minimum atomic E-state index is -4.42. The molecular weight excluding hydrogens is 2820 g/mol. The second-order valence-electron chi connectivity index (χ2n) is 31.5. The average Bonchev–Trinajstić information content (AvgIpc) is 1.56. The molecule has 0 amide bonds. The molecule has 1 saturated carbocycles. The first kappa shape index (κ1) is 102. The number of ketones is 1. The van der Waals surface area contributed by atoms with E-state index in [1.54, 1.807) is 64.9 Å². The van der Waals surface area contributed by atoms with Crippen molar-refractivity contribution in [3.05, 3.63) is 374 Å². The third-order valence-corrected chi connectivity index (χ3v) is 23.5. The zero-order valence-corrected chi connectivity index (χ0v) is 86.0. The molecule has 136 heavy (non-hydrogen) atoms. The van der Waals surface area contributed by atoms with Crippen molar-refractivity contribution in [2.75, 3.05) is 13.3 Å². The molecule has 0 saturated heterocycles. The van der Waals surface area contributed by atoms with Crippen molar-refractivity contribution >= 4 is 170 Å². The molecule has 1 aliphatic rings. The van der Waals surface area contributed by atoms with Gasteiger partial charge in [-0.1, -0.05) is 172 Å².